The Balaban J connectivity index is 1.65. The lowest BCUT2D eigenvalue weighted by atomic mass is 9.92. The molecule has 138 valence electrons. The molecule has 25 heavy (non-hydrogen) atoms. The van der Waals surface area contributed by atoms with Crippen molar-refractivity contribution in [3.05, 3.63) is 18.2 Å². The summed E-state index contributed by atoms with van der Waals surface area (Å²) in [7, 11) is 1.35. The highest BCUT2D eigenvalue weighted by Crippen LogP contribution is 2.58. The first-order chi connectivity index (χ1) is 11.8. The lowest BCUT2D eigenvalue weighted by Gasteiger charge is -2.23. The van der Waals surface area contributed by atoms with Gasteiger partial charge in [0.1, 0.15) is 0 Å². The average molecular weight is 358 g/mol. The van der Waals surface area contributed by atoms with Crippen molar-refractivity contribution in [2.75, 3.05) is 32.1 Å². The molecule has 1 spiro atoms. The van der Waals surface area contributed by atoms with Gasteiger partial charge in [-0.15, -0.1) is 0 Å². The van der Waals surface area contributed by atoms with Gasteiger partial charge in [0.05, 0.1) is 7.11 Å². The van der Waals surface area contributed by atoms with E-state index in [0.717, 1.165) is 32.4 Å². The van der Waals surface area contributed by atoms with Gasteiger partial charge < -0.3 is 20.1 Å². The predicted octanol–water partition coefficient (Wildman–Crippen LogP) is 2.96. The highest BCUT2D eigenvalue weighted by atomic mass is 19.4. The minimum Gasteiger partial charge on any atom is -0.493 e. The molecule has 1 heterocycles. The van der Waals surface area contributed by atoms with Crippen LogP contribution in [0.25, 0.3) is 0 Å². The van der Waals surface area contributed by atoms with E-state index in [9.17, 15) is 18.0 Å². The number of benzene rings is 1. The Bertz CT molecular complexity index is 643. The van der Waals surface area contributed by atoms with E-state index < -0.39 is 12.8 Å². The molecule has 0 radical (unpaired) electrons. The maximum atomic E-state index is 12.4. The number of carbonyl (C=O) groups is 1. The summed E-state index contributed by atoms with van der Waals surface area (Å²) in [6.07, 6.45) is -1.62. The summed E-state index contributed by atoms with van der Waals surface area (Å²) in [5.41, 5.74) is 0.496. The first-order valence-corrected chi connectivity index (χ1v) is 8.22. The normalized spacial score (nSPS) is 21.7. The summed E-state index contributed by atoms with van der Waals surface area (Å²) >= 11 is 0. The molecule has 1 aromatic carbocycles. The van der Waals surface area contributed by atoms with Crippen molar-refractivity contribution in [1.82, 2.24) is 5.32 Å². The van der Waals surface area contributed by atoms with Crippen LogP contribution in [0.5, 0.6) is 11.5 Å². The summed E-state index contributed by atoms with van der Waals surface area (Å²) in [5.74, 6) is 0.0126. The van der Waals surface area contributed by atoms with Crippen LogP contribution in [0.4, 0.5) is 18.9 Å². The second-order valence-electron chi connectivity index (χ2n) is 6.63. The van der Waals surface area contributed by atoms with Crippen LogP contribution >= 0.6 is 0 Å². The number of anilines is 1. The largest absolute Gasteiger partial charge is 0.493 e. The zero-order valence-electron chi connectivity index (χ0n) is 13.9. The second-order valence-corrected chi connectivity index (χ2v) is 6.63. The van der Waals surface area contributed by atoms with Gasteiger partial charge in [-0.1, -0.05) is 0 Å². The van der Waals surface area contributed by atoms with E-state index >= 15 is 0 Å². The fourth-order valence-corrected chi connectivity index (χ4v) is 3.45. The van der Waals surface area contributed by atoms with Gasteiger partial charge in [-0.05, 0) is 49.9 Å². The molecule has 1 aliphatic heterocycles. The summed E-state index contributed by atoms with van der Waals surface area (Å²) < 4.78 is 46.9. The molecule has 2 aliphatic rings. The molecule has 3 rings (SSSR count). The summed E-state index contributed by atoms with van der Waals surface area (Å²) in [6.45, 7) is 0.420. The van der Waals surface area contributed by atoms with Gasteiger partial charge in [-0.2, -0.15) is 13.2 Å². The molecule has 1 atom stereocenters. The number of hydrogen-bond donors (Lipinski definition) is 2. The molecule has 1 aliphatic carbocycles. The minimum absolute atomic E-state index is 0.0313. The third-order valence-corrected chi connectivity index (χ3v) is 4.93. The Morgan fingerprint density at radius 3 is 2.68 bits per heavy atom. The van der Waals surface area contributed by atoms with Gasteiger partial charge in [0.25, 0.3) is 0 Å². The molecule has 1 unspecified atom stereocenters. The van der Waals surface area contributed by atoms with E-state index in [0.29, 0.717) is 5.69 Å². The molecule has 8 heteroatoms. The molecular formula is C17H21F3N2O3. The molecule has 1 saturated carbocycles. The Morgan fingerprint density at radius 2 is 2.04 bits per heavy atom. The maximum Gasteiger partial charge on any atom is 0.422 e. The van der Waals surface area contributed by atoms with Crippen molar-refractivity contribution < 1.29 is 27.4 Å². The van der Waals surface area contributed by atoms with Crippen LogP contribution in [0.1, 0.15) is 19.3 Å². The Morgan fingerprint density at radius 1 is 1.32 bits per heavy atom. The smallest absolute Gasteiger partial charge is 0.422 e. The number of alkyl halides is 3. The number of carbonyl (C=O) groups excluding carboxylic acids is 1. The lowest BCUT2D eigenvalue weighted by molar-refractivity contribution is -0.153. The summed E-state index contributed by atoms with van der Waals surface area (Å²) in [5, 5.41) is 6.07. The molecule has 0 aromatic heterocycles. The van der Waals surface area contributed by atoms with Gasteiger partial charge in [0, 0.05) is 17.7 Å². The highest BCUT2D eigenvalue weighted by Gasteiger charge is 2.57. The third-order valence-electron chi connectivity index (χ3n) is 4.93. The van der Waals surface area contributed by atoms with Crippen molar-refractivity contribution in [3.63, 3.8) is 0 Å². The Labute approximate surface area is 143 Å². The standard InChI is InChI=1S/C17H21F3N2O3/c1-24-13-3-2-11(8-14(13)25-10-17(18,19)20)22-15(23)12-9-16(12)4-6-21-7-5-16/h2-3,8,12,21H,4-7,9-10H2,1H3,(H,22,23). The number of rotatable bonds is 5. The number of halogens is 3. The van der Waals surface area contributed by atoms with Crippen molar-refractivity contribution >= 4 is 11.6 Å². The van der Waals surface area contributed by atoms with E-state index in [4.69, 9.17) is 9.47 Å². The first kappa shape index (κ1) is 17.8. The van der Waals surface area contributed by atoms with Crippen LogP contribution in [0.15, 0.2) is 18.2 Å². The molecule has 1 aromatic rings. The molecule has 2 fully saturated rings. The minimum atomic E-state index is -4.44. The van der Waals surface area contributed by atoms with Gasteiger partial charge in [-0.25, -0.2) is 0 Å². The SMILES string of the molecule is COc1ccc(NC(=O)C2CC23CCNCC3)cc1OCC(F)(F)F. The number of methoxy groups -OCH3 is 1. The van der Waals surface area contributed by atoms with Crippen LogP contribution in [0, 0.1) is 11.3 Å². The lowest BCUT2D eigenvalue weighted by Crippen LogP contribution is -2.31. The summed E-state index contributed by atoms with van der Waals surface area (Å²) in [4.78, 5) is 12.4. The number of piperidine rings is 1. The average Bonchev–Trinajstić information content (AvgIpc) is 3.26. The third kappa shape index (κ3) is 4.18. The van der Waals surface area contributed by atoms with E-state index in [2.05, 4.69) is 10.6 Å². The van der Waals surface area contributed by atoms with Gasteiger partial charge in [0.15, 0.2) is 18.1 Å². The molecule has 5 nitrogen and oxygen atoms in total. The van der Waals surface area contributed by atoms with Gasteiger partial charge in [-0.3, -0.25) is 4.79 Å². The van der Waals surface area contributed by atoms with Crippen molar-refractivity contribution in [1.29, 1.82) is 0 Å². The molecule has 1 saturated heterocycles. The Kier molecular flexibility index (Phi) is 4.81. The zero-order valence-corrected chi connectivity index (χ0v) is 13.9. The van der Waals surface area contributed by atoms with Crippen LogP contribution < -0.4 is 20.1 Å². The fraction of sp³-hybridized carbons (Fsp3) is 0.588. The van der Waals surface area contributed by atoms with E-state index in [-0.39, 0.29) is 28.7 Å². The predicted molar refractivity (Wildman–Crippen MR) is 85.8 cm³/mol. The molecule has 1 amide bonds. The molecule has 0 bridgehead atoms. The van der Waals surface area contributed by atoms with Gasteiger partial charge in [0.2, 0.25) is 5.91 Å². The van der Waals surface area contributed by atoms with E-state index in [1.807, 2.05) is 0 Å². The second kappa shape index (κ2) is 6.74. The number of nitrogens with one attached hydrogen (secondary N) is 2. The zero-order chi connectivity index (χ0) is 18.1. The summed E-state index contributed by atoms with van der Waals surface area (Å²) in [6, 6.07) is 4.43. The monoisotopic (exact) mass is 358 g/mol. The van der Waals surface area contributed by atoms with Crippen LogP contribution in [-0.4, -0.2) is 38.9 Å². The van der Waals surface area contributed by atoms with Gasteiger partial charge >= 0.3 is 6.18 Å². The van der Waals surface area contributed by atoms with E-state index in [1.165, 1.54) is 19.2 Å². The van der Waals surface area contributed by atoms with Crippen LogP contribution in [-0.2, 0) is 4.79 Å². The Hall–Kier alpha value is -1.96. The molecular weight excluding hydrogens is 337 g/mol. The topological polar surface area (TPSA) is 59.6 Å². The number of hydrogen-bond acceptors (Lipinski definition) is 4. The number of amides is 1. The first-order valence-electron chi connectivity index (χ1n) is 8.22. The molecule has 2 N–H and O–H groups in total. The van der Waals surface area contributed by atoms with Crippen molar-refractivity contribution in [2.45, 2.75) is 25.4 Å². The fourth-order valence-electron chi connectivity index (χ4n) is 3.45. The van der Waals surface area contributed by atoms with Crippen molar-refractivity contribution in [3.8, 4) is 11.5 Å². The quantitative estimate of drug-likeness (QED) is 0.850. The maximum absolute atomic E-state index is 12.4. The van der Waals surface area contributed by atoms with Crippen molar-refractivity contribution in [2.24, 2.45) is 11.3 Å². The van der Waals surface area contributed by atoms with Crippen LogP contribution in [0.2, 0.25) is 0 Å². The highest BCUT2D eigenvalue weighted by molar-refractivity contribution is 5.95. The van der Waals surface area contributed by atoms with Crippen LogP contribution in [0.3, 0.4) is 0 Å². The number of ether oxygens (including phenoxy) is 2. The van der Waals surface area contributed by atoms with E-state index in [1.54, 1.807) is 6.07 Å².